The molecule has 2 rings (SSSR count). The average molecular weight is 239 g/mol. The van der Waals surface area contributed by atoms with Crippen LogP contribution in [0.1, 0.15) is 19.8 Å². The summed E-state index contributed by atoms with van der Waals surface area (Å²) in [6, 6.07) is 3.65. The molecule has 86 valence electrons. The first kappa shape index (κ1) is 11.4. The Bertz CT molecular complexity index is 394. The first-order chi connectivity index (χ1) is 7.68. The number of carbonyl (C=O) groups is 1. The van der Waals surface area contributed by atoms with Gasteiger partial charge in [-0.05, 0) is 31.9 Å². The Kier molecular flexibility index (Phi) is 3.44. The van der Waals surface area contributed by atoms with Crippen molar-refractivity contribution < 1.29 is 4.79 Å². The number of rotatable bonds is 2. The molecule has 1 unspecified atom stereocenters. The Hall–Kier alpha value is -1.09. The van der Waals surface area contributed by atoms with Crippen LogP contribution in [0.25, 0.3) is 0 Å². The van der Waals surface area contributed by atoms with E-state index in [1.165, 1.54) is 0 Å². The summed E-state index contributed by atoms with van der Waals surface area (Å²) < 4.78 is 0. The largest absolute Gasteiger partial charge is 0.355 e. The summed E-state index contributed by atoms with van der Waals surface area (Å²) in [6.45, 7) is 3.33. The maximum absolute atomic E-state index is 11.4. The van der Waals surface area contributed by atoms with Crippen molar-refractivity contribution in [1.82, 2.24) is 4.98 Å². The molecule has 0 bridgehead atoms. The van der Waals surface area contributed by atoms with Crippen molar-refractivity contribution in [2.24, 2.45) is 5.92 Å². The van der Waals surface area contributed by atoms with Crippen LogP contribution in [0.2, 0.25) is 5.02 Å². The van der Waals surface area contributed by atoms with Gasteiger partial charge in [-0.15, -0.1) is 0 Å². The first-order valence-electron chi connectivity index (χ1n) is 5.54. The molecule has 16 heavy (non-hydrogen) atoms. The molecule has 1 saturated heterocycles. The van der Waals surface area contributed by atoms with E-state index in [0.29, 0.717) is 5.02 Å². The molecular formula is C12H15ClN2O. The van der Waals surface area contributed by atoms with E-state index in [4.69, 9.17) is 11.6 Å². The van der Waals surface area contributed by atoms with Gasteiger partial charge < -0.3 is 4.90 Å². The van der Waals surface area contributed by atoms with Crippen molar-refractivity contribution in [3.05, 3.63) is 23.4 Å². The fourth-order valence-corrected chi connectivity index (χ4v) is 2.35. The molecule has 0 saturated carbocycles. The molecule has 4 heteroatoms. The topological polar surface area (TPSA) is 33.2 Å². The number of piperidine rings is 1. The lowest BCUT2D eigenvalue weighted by Gasteiger charge is -2.32. The molecule has 1 aromatic heterocycles. The van der Waals surface area contributed by atoms with E-state index in [1.54, 1.807) is 13.1 Å². The number of Topliss-reactive ketones (excluding diaryl/α,β-unsaturated/α-hetero) is 1. The fourth-order valence-electron chi connectivity index (χ4n) is 2.11. The van der Waals surface area contributed by atoms with Crippen LogP contribution in [-0.2, 0) is 4.79 Å². The summed E-state index contributed by atoms with van der Waals surface area (Å²) in [5.74, 6) is 1.19. The number of aromatic nitrogens is 1. The molecular weight excluding hydrogens is 224 g/mol. The van der Waals surface area contributed by atoms with Crippen LogP contribution in [0.15, 0.2) is 18.3 Å². The molecule has 0 radical (unpaired) electrons. The molecule has 3 nitrogen and oxygen atoms in total. The van der Waals surface area contributed by atoms with Crippen LogP contribution in [0, 0.1) is 5.92 Å². The molecule has 0 N–H and O–H groups in total. The minimum absolute atomic E-state index is 0.131. The van der Waals surface area contributed by atoms with Gasteiger partial charge in [-0.1, -0.05) is 11.6 Å². The number of carbonyl (C=O) groups excluding carboxylic acids is 1. The molecule has 1 aliphatic heterocycles. The van der Waals surface area contributed by atoms with Gasteiger partial charge in [0.15, 0.2) is 0 Å². The summed E-state index contributed by atoms with van der Waals surface area (Å²) in [5.41, 5.74) is 0. The Balaban J connectivity index is 2.16. The van der Waals surface area contributed by atoms with Crippen molar-refractivity contribution in [2.45, 2.75) is 19.8 Å². The highest BCUT2D eigenvalue weighted by Crippen LogP contribution is 2.27. The van der Waals surface area contributed by atoms with Crippen molar-refractivity contribution in [2.75, 3.05) is 18.0 Å². The number of hydrogen-bond donors (Lipinski definition) is 0. The number of halogens is 1. The highest BCUT2D eigenvalue weighted by atomic mass is 35.5. The van der Waals surface area contributed by atoms with E-state index in [1.807, 2.05) is 12.1 Å². The van der Waals surface area contributed by atoms with E-state index in [0.717, 1.165) is 31.7 Å². The van der Waals surface area contributed by atoms with Gasteiger partial charge in [0, 0.05) is 25.2 Å². The van der Waals surface area contributed by atoms with Crippen molar-refractivity contribution in [3.63, 3.8) is 0 Å². The normalized spacial score (nSPS) is 20.9. The lowest BCUT2D eigenvalue weighted by molar-refractivity contribution is -0.120. The Labute approximate surface area is 100 Å². The third kappa shape index (κ3) is 2.35. The minimum atomic E-state index is 0.131. The van der Waals surface area contributed by atoms with Crippen LogP contribution >= 0.6 is 11.6 Å². The van der Waals surface area contributed by atoms with Gasteiger partial charge in [0.1, 0.15) is 11.6 Å². The monoisotopic (exact) mass is 238 g/mol. The number of hydrogen-bond acceptors (Lipinski definition) is 3. The summed E-state index contributed by atoms with van der Waals surface area (Å²) in [7, 11) is 0. The summed E-state index contributed by atoms with van der Waals surface area (Å²) in [5, 5.41) is 0.659. The van der Waals surface area contributed by atoms with Gasteiger partial charge in [0.2, 0.25) is 0 Å². The van der Waals surface area contributed by atoms with Gasteiger partial charge in [-0.3, -0.25) is 4.79 Å². The van der Waals surface area contributed by atoms with Crippen LogP contribution < -0.4 is 4.90 Å². The first-order valence-corrected chi connectivity index (χ1v) is 5.92. The molecule has 0 aliphatic carbocycles. The van der Waals surface area contributed by atoms with Crippen molar-refractivity contribution >= 4 is 23.2 Å². The molecule has 1 atom stereocenters. The number of pyridine rings is 1. The molecule has 0 spiro atoms. The quantitative estimate of drug-likeness (QED) is 0.794. The van der Waals surface area contributed by atoms with Crippen molar-refractivity contribution in [1.29, 1.82) is 0 Å². The third-order valence-electron chi connectivity index (χ3n) is 3.03. The number of anilines is 1. The second-order valence-electron chi connectivity index (χ2n) is 4.20. The molecule has 2 heterocycles. The predicted molar refractivity (Wildman–Crippen MR) is 64.9 cm³/mol. The zero-order chi connectivity index (χ0) is 11.5. The summed E-state index contributed by atoms with van der Waals surface area (Å²) in [4.78, 5) is 17.8. The van der Waals surface area contributed by atoms with E-state index < -0.39 is 0 Å². The molecule has 1 fully saturated rings. The highest BCUT2D eigenvalue weighted by Gasteiger charge is 2.24. The molecule has 1 aromatic rings. The van der Waals surface area contributed by atoms with Crippen molar-refractivity contribution in [3.8, 4) is 0 Å². The van der Waals surface area contributed by atoms with Gasteiger partial charge in [-0.25, -0.2) is 4.98 Å². The van der Waals surface area contributed by atoms with Crippen LogP contribution in [0.3, 0.4) is 0 Å². The smallest absolute Gasteiger partial charge is 0.147 e. The second kappa shape index (κ2) is 4.83. The maximum Gasteiger partial charge on any atom is 0.147 e. The lowest BCUT2D eigenvalue weighted by atomic mass is 9.94. The van der Waals surface area contributed by atoms with E-state index in [-0.39, 0.29) is 11.7 Å². The fraction of sp³-hybridized carbons (Fsp3) is 0.500. The maximum atomic E-state index is 11.4. The predicted octanol–water partition coefficient (Wildman–Crippen LogP) is 2.54. The third-order valence-corrected chi connectivity index (χ3v) is 3.33. The number of ketones is 1. The second-order valence-corrected chi connectivity index (χ2v) is 4.61. The van der Waals surface area contributed by atoms with Gasteiger partial charge >= 0.3 is 0 Å². The standard InChI is InChI=1S/C12H15ClN2O/c1-9(16)10-4-3-7-15(8-10)12-11(13)5-2-6-14-12/h2,5-6,10H,3-4,7-8H2,1H3. The van der Waals surface area contributed by atoms with Gasteiger partial charge in [0.25, 0.3) is 0 Å². The zero-order valence-electron chi connectivity index (χ0n) is 9.32. The summed E-state index contributed by atoms with van der Waals surface area (Å²) >= 11 is 6.10. The van der Waals surface area contributed by atoms with Crippen LogP contribution in [-0.4, -0.2) is 23.9 Å². The van der Waals surface area contributed by atoms with Crippen LogP contribution in [0.4, 0.5) is 5.82 Å². The Morgan fingerprint density at radius 3 is 3.12 bits per heavy atom. The highest BCUT2D eigenvalue weighted by molar-refractivity contribution is 6.32. The Morgan fingerprint density at radius 2 is 2.44 bits per heavy atom. The molecule has 1 aliphatic rings. The minimum Gasteiger partial charge on any atom is -0.355 e. The zero-order valence-corrected chi connectivity index (χ0v) is 10.1. The van der Waals surface area contributed by atoms with E-state index >= 15 is 0 Å². The van der Waals surface area contributed by atoms with E-state index in [9.17, 15) is 4.79 Å². The number of nitrogens with zero attached hydrogens (tertiary/aromatic N) is 2. The van der Waals surface area contributed by atoms with E-state index in [2.05, 4.69) is 9.88 Å². The lowest BCUT2D eigenvalue weighted by Crippen LogP contribution is -2.38. The summed E-state index contributed by atoms with van der Waals surface area (Å²) in [6.07, 6.45) is 3.74. The SMILES string of the molecule is CC(=O)C1CCCN(c2ncccc2Cl)C1. The molecule has 0 aromatic carbocycles. The van der Waals surface area contributed by atoms with Gasteiger partial charge in [-0.2, -0.15) is 0 Å². The molecule has 0 amide bonds. The van der Waals surface area contributed by atoms with Crippen LogP contribution in [0.5, 0.6) is 0 Å². The Morgan fingerprint density at radius 1 is 1.62 bits per heavy atom. The van der Waals surface area contributed by atoms with Gasteiger partial charge in [0.05, 0.1) is 5.02 Å². The average Bonchev–Trinajstić information content (AvgIpc) is 2.30.